The third-order valence-electron chi connectivity index (χ3n) is 6.47. The van der Waals surface area contributed by atoms with E-state index in [4.69, 9.17) is 10.5 Å². The summed E-state index contributed by atoms with van der Waals surface area (Å²) in [5, 5.41) is 6.19. The molecule has 0 spiro atoms. The molecule has 0 radical (unpaired) electrons. The van der Waals surface area contributed by atoms with Crippen molar-refractivity contribution >= 4 is 11.7 Å². The molecule has 5 rings (SSSR count). The molecule has 0 aliphatic heterocycles. The quantitative estimate of drug-likeness (QED) is 0.375. The Kier molecular flexibility index (Phi) is 6.02. The molecule has 5 N–H and O–H groups in total. The van der Waals surface area contributed by atoms with Crippen LogP contribution in [0.25, 0.3) is 11.3 Å². The molecule has 1 amide bonds. The first-order chi connectivity index (χ1) is 16.9. The Morgan fingerprint density at radius 2 is 2.06 bits per heavy atom. The van der Waals surface area contributed by atoms with Crippen LogP contribution in [0.1, 0.15) is 47.2 Å². The van der Waals surface area contributed by atoms with Crippen LogP contribution in [0.2, 0.25) is 0 Å². The van der Waals surface area contributed by atoms with E-state index >= 15 is 0 Å². The van der Waals surface area contributed by atoms with Crippen LogP contribution < -0.4 is 26.7 Å². The van der Waals surface area contributed by atoms with E-state index in [0.717, 1.165) is 31.2 Å². The van der Waals surface area contributed by atoms with Gasteiger partial charge in [-0.2, -0.15) is 0 Å². The molecular formula is C26H28FN5O3. The molecule has 2 aromatic carbocycles. The van der Waals surface area contributed by atoms with Crippen LogP contribution in [0.5, 0.6) is 5.75 Å². The highest BCUT2D eigenvalue weighted by Crippen LogP contribution is 2.50. The highest BCUT2D eigenvalue weighted by atomic mass is 19.1. The van der Waals surface area contributed by atoms with Crippen LogP contribution in [0.15, 0.2) is 47.4 Å². The van der Waals surface area contributed by atoms with E-state index < -0.39 is 11.4 Å². The molecule has 2 saturated carbocycles. The van der Waals surface area contributed by atoms with Crippen molar-refractivity contribution < 1.29 is 13.9 Å². The minimum Gasteiger partial charge on any atom is -0.492 e. The lowest BCUT2D eigenvalue weighted by Crippen LogP contribution is -2.26. The number of hydrogen-bond acceptors (Lipinski definition) is 6. The zero-order chi connectivity index (χ0) is 24.6. The number of nitrogens with one attached hydrogen (secondary N) is 3. The number of anilines is 1. The predicted octanol–water partition coefficient (Wildman–Crippen LogP) is 3.22. The number of ether oxygens (including phenoxy) is 1. The van der Waals surface area contributed by atoms with Gasteiger partial charge >= 0.3 is 0 Å². The number of benzene rings is 2. The molecule has 2 fully saturated rings. The standard InChI is InChI=1S/C26H28FN5O3/c1-15-18(12-16(13-20(15)27)24(33)30-17-6-7-17)21-14-29-25(34)23(31-21)32-26(8-9-26)19-4-2-3-5-22(19)35-11-10-28/h2-5,12-14,17H,6-11,28H2,1H3,(H,29,34)(H,30,33)(H,31,32). The molecule has 0 atom stereocenters. The van der Waals surface area contributed by atoms with Crippen molar-refractivity contribution in [3.05, 3.63) is 75.5 Å². The largest absolute Gasteiger partial charge is 0.492 e. The second-order valence-corrected chi connectivity index (χ2v) is 9.18. The van der Waals surface area contributed by atoms with Crippen LogP contribution in [0, 0.1) is 12.7 Å². The Hall–Kier alpha value is -3.72. The minimum atomic E-state index is -0.504. The first kappa shape index (κ1) is 23.0. The minimum absolute atomic E-state index is 0.126. The summed E-state index contributed by atoms with van der Waals surface area (Å²) < 4.78 is 20.6. The highest BCUT2D eigenvalue weighted by molar-refractivity contribution is 5.96. The van der Waals surface area contributed by atoms with E-state index in [0.29, 0.717) is 35.7 Å². The zero-order valence-electron chi connectivity index (χ0n) is 19.5. The van der Waals surface area contributed by atoms with Gasteiger partial charge in [-0.3, -0.25) is 9.59 Å². The molecule has 0 saturated heterocycles. The normalized spacial score (nSPS) is 16.0. The number of carbonyl (C=O) groups is 1. The summed E-state index contributed by atoms with van der Waals surface area (Å²) in [7, 11) is 0. The summed E-state index contributed by atoms with van der Waals surface area (Å²) in [6.45, 7) is 2.41. The van der Waals surface area contributed by atoms with E-state index in [9.17, 15) is 14.0 Å². The Morgan fingerprint density at radius 3 is 2.77 bits per heavy atom. The fourth-order valence-electron chi connectivity index (χ4n) is 4.17. The van der Waals surface area contributed by atoms with Crippen molar-refractivity contribution in [3.63, 3.8) is 0 Å². The first-order valence-electron chi connectivity index (χ1n) is 11.8. The molecule has 2 aliphatic carbocycles. The number of nitrogens with zero attached hydrogens (tertiary/aromatic N) is 1. The molecule has 0 unspecified atom stereocenters. The molecule has 182 valence electrons. The third kappa shape index (κ3) is 4.77. The van der Waals surface area contributed by atoms with E-state index in [-0.39, 0.29) is 28.9 Å². The van der Waals surface area contributed by atoms with E-state index in [1.165, 1.54) is 12.3 Å². The summed E-state index contributed by atoms with van der Waals surface area (Å²) in [6, 6.07) is 10.7. The number of nitrogens with two attached hydrogens (primary N) is 1. The Labute approximate surface area is 202 Å². The van der Waals surface area contributed by atoms with Crippen molar-refractivity contribution in [3.8, 4) is 17.0 Å². The van der Waals surface area contributed by atoms with Gasteiger partial charge in [-0.05, 0) is 56.4 Å². The fourth-order valence-corrected chi connectivity index (χ4v) is 4.17. The van der Waals surface area contributed by atoms with Gasteiger partial charge in [0.15, 0.2) is 5.82 Å². The van der Waals surface area contributed by atoms with Gasteiger partial charge in [0.1, 0.15) is 18.2 Å². The fraction of sp³-hybridized carbons (Fsp3) is 0.346. The number of rotatable bonds is 9. The van der Waals surface area contributed by atoms with Crippen LogP contribution in [0.4, 0.5) is 10.2 Å². The summed E-state index contributed by atoms with van der Waals surface area (Å²) in [6.07, 6.45) is 4.91. The van der Waals surface area contributed by atoms with Crippen LogP contribution in [0.3, 0.4) is 0 Å². The monoisotopic (exact) mass is 477 g/mol. The van der Waals surface area contributed by atoms with E-state index in [1.54, 1.807) is 13.0 Å². The van der Waals surface area contributed by atoms with E-state index in [2.05, 4.69) is 20.6 Å². The maximum absolute atomic E-state index is 14.7. The van der Waals surface area contributed by atoms with Crippen LogP contribution >= 0.6 is 0 Å². The maximum atomic E-state index is 14.7. The van der Waals surface area contributed by atoms with Gasteiger partial charge in [0.25, 0.3) is 11.5 Å². The third-order valence-corrected chi connectivity index (χ3v) is 6.47. The van der Waals surface area contributed by atoms with Crippen molar-refractivity contribution in [1.82, 2.24) is 15.3 Å². The van der Waals surface area contributed by atoms with Crippen LogP contribution in [-0.2, 0) is 5.54 Å². The van der Waals surface area contributed by atoms with Crippen molar-refractivity contribution in [2.45, 2.75) is 44.2 Å². The molecule has 3 aromatic rings. The first-order valence-corrected chi connectivity index (χ1v) is 11.8. The predicted molar refractivity (Wildman–Crippen MR) is 131 cm³/mol. The van der Waals surface area contributed by atoms with Gasteiger partial charge < -0.3 is 26.1 Å². The summed E-state index contributed by atoms with van der Waals surface area (Å²) in [4.78, 5) is 32.5. The molecule has 35 heavy (non-hydrogen) atoms. The zero-order valence-corrected chi connectivity index (χ0v) is 19.5. The number of H-pyrrole nitrogens is 1. The average molecular weight is 478 g/mol. The average Bonchev–Trinajstić information content (AvgIpc) is 3.79. The highest BCUT2D eigenvalue weighted by Gasteiger charge is 2.47. The molecule has 9 heteroatoms. The second kappa shape index (κ2) is 9.14. The molecule has 1 heterocycles. The lowest BCUT2D eigenvalue weighted by molar-refractivity contribution is 0.0950. The van der Waals surface area contributed by atoms with Gasteiger partial charge in [0.2, 0.25) is 0 Å². The lowest BCUT2D eigenvalue weighted by atomic mass is 10.0. The number of hydrogen-bond donors (Lipinski definition) is 4. The van der Waals surface area contributed by atoms with Crippen molar-refractivity contribution in [2.24, 2.45) is 5.73 Å². The molecule has 2 aliphatic rings. The van der Waals surface area contributed by atoms with Gasteiger partial charge in [0, 0.05) is 35.5 Å². The number of aromatic amines is 1. The van der Waals surface area contributed by atoms with Crippen molar-refractivity contribution in [1.29, 1.82) is 0 Å². The van der Waals surface area contributed by atoms with Crippen LogP contribution in [-0.4, -0.2) is 35.1 Å². The van der Waals surface area contributed by atoms with Gasteiger partial charge in [-0.25, -0.2) is 9.37 Å². The van der Waals surface area contributed by atoms with Gasteiger partial charge in [-0.15, -0.1) is 0 Å². The topological polar surface area (TPSA) is 122 Å². The molecule has 0 bridgehead atoms. The summed E-state index contributed by atoms with van der Waals surface area (Å²) in [5.74, 6) is 0.0149. The number of para-hydroxylation sites is 1. The molecular weight excluding hydrogens is 449 g/mol. The molecule has 1 aromatic heterocycles. The second-order valence-electron chi connectivity index (χ2n) is 9.18. The Bertz CT molecular complexity index is 1330. The van der Waals surface area contributed by atoms with Crippen molar-refractivity contribution in [2.75, 3.05) is 18.5 Å². The summed E-state index contributed by atoms with van der Waals surface area (Å²) >= 11 is 0. The Balaban J connectivity index is 1.47. The summed E-state index contributed by atoms with van der Waals surface area (Å²) in [5.41, 5.74) is 7.04. The number of halogens is 1. The van der Waals surface area contributed by atoms with E-state index in [1.807, 2.05) is 24.3 Å². The smallest absolute Gasteiger partial charge is 0.290 e. The Morgan fingerprint density at radius 1 is 1.29 bits per heavy atom. The molecule has 8 nitrogen and oxygen atoms in total. The SMILES string of the molecule is Cc1c(F)cc(C(=O)NC2CC2)cc1-c1c[nH]c(=O)c(NC2(c3ccccc3OCCN)CC2)n1. The number of aromatic nitrogens is 2. The number of amides is 1. The number of carbonyl (C=O) groups excluding carboxylic acids is 1. The van der Waals surface area contributed by atoms with Gasteiger partial charge in [-0.1, -0.05) is 18.2 Å². The maximum Gasteiger partial charge on any atom is 0.290 e. The lowest BCUT2D eigenvalue weighted by Gasteiger charge is -2.21. The van der Waals surface area contributed by atoms with Gasteiger partial charge in [0.05, 0.1) is 11.2 Å².